The zero-order valence-corrected chi connectivity index (χ0v) is 10.7. The minimum absolute atomic E-state index is 0.146. The van der Waals surface area contributed by atoms with E-state index in [9.17, 15) is 14.4 Å². The summed E-state index contributed by atoms with van der Waals surface area (Å²) in [6.07, 6.45) is 0. The number of hydrogen-bond acceptors (Lipinski definition) is 4. The number of hydrogen-bond donors (Lipinski definition) is 0. The summed E-state index contributed by atoms with van der Waals surface area (Å²) in [5, 5.41) is 0. The van der Waals surface area contributed by atoms with E-state index >= 15 is 0 Å². The van der Waals surface area contributed by atoms with Crippen LogP contribution in [-0.4, -0.2) is 17.7 Å². The van der Waals surface area contributed by atoms with E-state index in [-0.39, 0.29) is 16.9 Å². The Hall–Kier alpha value is -2.75. The molecule has 2 aromatic carbocycles. The molecule has 0 fully saturated rings. The number of cyclic esters (lactones) is 2. The number of aryl methyl sites for hydroxylation is 1. The van der Waals surface area contributed by atoms with Crippen molar-refractivity contribution in [2.24, 2.45) is 0 Å². The Bertz CT molecular complexity index is 742. The second-order valence-electron chi connectivity index (χ2n) is 4.63. The van der Waals surface area contributed by atoms with E-state index in [1.807, 2.05) is 19.1 Å². The Morgan fingerprint density at radius 1 is 0.850 bits per heavy atom. The molecule has 1 heterocycles. The number of carbonyl (C=O) groups excluding carboxylic acids is 3. The Balaban J connectivity index is 2.02. The molecule has 0 amide bonds. The third-order valence-electron chi connectivity index (χ3n) is 3.22. The molecule has 0 saturated carbocycles. The third-order valence-corrected chi connectivity index (χ3v) is 3.22. The van der Waals surface area contributed by atoms with Crippen LogP contribution in [0.5, 0.6) is 0 Å². The Morgan fingerprint density at radius 2 is 1.45 bits per heavy atom. The normalized spacial score (nSPS) is 13.1. The first kappa shape index (κ1) is 12.3. The summed E-state index contributed by atoms with van der Waals surface area (Å²) in [5.74, 6) is -1.57. The molecule has 2 aromatic rings. The van der Waals surface area contributed by atoms with Gasteiger partial charge in [-0.3, -0.25) is 4.79 Å². The molecule has 0 bridgehead atoms. The highest BCUT2D eigenvalue weighted by atomic mass is 16.6. The van der Waals surface area contributed by atoms with Gasteiger partial charge >= 0.3 is 11.9 Å². The van der Waals surface area contributed by atoms with Gasteiger partial charge in [-0.2, -0.15) is 0 Å². The molecule has 3 rings (SSSR count). The van der Waals surface area contributed by atoms with Gasteiger partial charge in [-0.05, 0) is 19.1 Å². The number of ether oxygens (including phenoxy) is 1. The van der Waals surface area contributed by atoms with Crippen molar-refractivity contribution < 1.29 is 19.1 Å². The predicted molar refractivity (Wildman–Crippen MR) is 70.8 cm³/mol. The van der Waals surface area contributed by atoms with Crippen LogP contribution in [0.15, 0.2) is 42.5 Å². The number of carbonyl (C=O) groups is 3. The molecule has 1 aliphatic heterocycles. The van der Waals surface area contributed by atoms with E-state index in [4.69, 9.17) is 0 Å². The smallest absolute Gasteiger partial charge is 0.346 e. The summed E-state index contributed by atoms with van der Waals surface area (Å²) in [7, 11) is 0. The molecule has 4 nitrogen and oxygen atoms in total. The van der Waals surface area contributed by atoms with Crippen LogP contribution in [0, 0.1) is 6.92 Å². The first-order valence-corrected chi connectivity index (χ1v) is 6.08. The molecular formula is C16H10O4. The van der Waals surface area contributed by atoms with Gasteiger partial charge in [0.2, 0.25) is 0 Å². The molecule has 0 saturated heterocycles. The average Bonchev–Trinajstić information content (AvgIpc) is 2.74. The zero-order chi connectivity index (χ0) is 14.3. The van der Waals surface area contributed by atoms with E-state index in [2.05, 4.69) is 4.74 Å². The van der Waals surface area contributed by atoms with Gasteiger partial charge < -0.3 is 4.74 Å². The van der Waals surface area contributed by atoms with Crippen molar-refractivity contribution >= 4 is 17.7 Å². The fourth-order valence-electron chi connectivity index (χ4n) is 2.10. The van der Waals surface area contributed by atoms with Crippen LogP contribution in [0.25, 0.3) is 0 Å². The van der Waals surface area contributed by atoms with Gasteiger partial charge in [0.25, 0.3) is 0 Å². The van der Waals surface area contributed by atoms with E-state index in [1.54, 1.807) is 12.1 Å². The lowest BCUT2D eigenvalue weighted by Gasteiger charge is -2.02. The van der Waals surface area contributed by atoms with Crippen LogP contribution < -0.4 is 0 Å². The molecule has 0 unspecified atom stereocenters. The van der Waals surface area contributed by atoms with Crippen LogP contribution in [0.4, 0.5) is 0 Å². The SMILES string of the molecule is Cc1ccc(C(=O)c2ccc3c(c2)C(=O)OC3=O)cc1. The molecule has 0 aliphatic carbocycles. The summed E-state index contributed by atoms with van der Waals surface area (Å²) >= 11 is 0. The Kier molecular flexibility index (Phi) is 2.71. The van der Waals surface area contributed by atoms with Crippen molar-refractivity contribution in [1.82, 2.24) is 0 Å². The number of benzene rings is 2. The molecule has 98 valence electrons. The molecule has 0 spiro atoms. The van der Waals surface area contributed by atoms with E-state index in [0.717, 1.165) is 5.56 Å². The van der Waals surface area contributed by atoms with E-state index < -0.39 is 11.9 Å². The lowest BCUT2D eigenvalue weighted by molar-refractivity contribution is 0.0443. The van der Waals surface area contributed by atoms with Gasteiger partial charge in [-0.25, -0.2) is 9.59 Å². The standard InChI is InChI=1S/C16H10O4/c1-9-2-4-10(5-3-9)14(17)11-6-7-12-13(8-11)16(19)20-15(12)18/h2-8H,1H3. The highest BCUT2D eigenvalue weighted by Gasteiger charge is 2.30. The van der Waals surface area contributed by atoms with Crippen LogP contribution in [-0.2, 0) is 4.74 Å². The summed E-state index contributed by atoms with van der Waals surface area (Å²) in [5.41, 5.74) is 2.31. The van der Waals surface area contributed by atoms with Crippen molar-refractivity contribution in [1.29, 1.82) is 0 Å². The fraction of sp³-hybridized carbons (Fsp3) is 0.0625. The number of esters is 2. The Morgan fingerprint density at radius 3 is 2.15 bits per heavy atom. The van der Waals surface area contributed by atoms with Crippen LogP contribution in [0.2, 0.25) is 0 Å². The van der Waals surface area contributed by atoms with Gasteiger partial charge in [-0.1, -0.05) is 35.9 Å². The molecule has 0 aromatic heterocycles. The van der Waals surface area contributed by atoms with Crippen molar-refractivity contribution in [3.05, 3.63) is 70.3 Å². The third kappa shape index (κ3) is 1.91. The largest absolute Gasteiger partial charge is 0.386 e. The van der Waals surface area contributed by atoms with Crippen LogP contribution in [0.3, 0.4) is 0 Å². The number of ketones is 1. The van der Waals surface area contributed by atoms with Crippen molar-refractivity contribution in [3.63, 3.8) is 0 Å². The molecule has 0 radical (unpaired) electrons. The molecular weight excluding hydrogens is 256 g/mol. The number of rotatable bonds is 2. The van der Waals surface area contributed by atoms with Crippen LogP contribution in [0.1, 0.15) is 42.2 Å². The lowest BCUT2D eigenvalue weighted by atomic mass is 9.98. The van der Waals surface area contributed by atoms with E-state index in [0.29, 0.717) is 11.1 Å². The second kappa shape index (κ2) is 4.42. The first-order chi connectivity index (χ1) is 9.56. The fourth-order valence-corrected chi connectivity index (χ4v) is 2.10. The topological polar surface area (TPSA) is 60.4 Å². The minimum Gasteiger partial charge on any atom is -0.386 e. The average molecular weight is 266 g/mol. The maximum absolute atomic E-state index is 12.3. The first-order valence-electron chi connectivity index (χ1n) is 6.08. The van der Waals surface area contributed by atoms with Crippen LogP contribution >= 0.6 is 0 Å². The molecule has 20 heavy (non-hydrogen) atoms. The second-order valence-corrected chi connectivity index (χ2v) is 4.63. The summed E-state index contributed by atoms with van der Waals surface area (Å²) in [4.78, 5) is 35.1. The van der Waals surface area contributed by atoms with Crippen molar-refractivity contribution in [2.75, 3.05) is 0 Å². The predicted octanol–water partition coefficient (Wildman–Crippen LogP) is 2.54. The van der Waals surface area contributed by atoms with Gasteiger partial charge in [0.1, 0.15) is 0 Å². The summed E-state index contributed by atoms with van der Waals surface area (Å²) in [6, 6.07) is 11.5. The molecule has 1 aliphatic rings. The molecule has 4 heteroatoms. The van der Waals surface area contributed by atoms with Crippen molar-refractivity contribution in [2.45, 2.75) is 6.92 Å². The van der Waals surface area contributed by atoms with Gasteiger partial charge in [0.05, 0.1) is 11.1 Å². The van der Waals surface area contributed by atoms with Gasteiger partial charge in [0.15, 0.2) is 5.78 Å². The molecule has 0 atom stereocenters. The summed E-state index contributed by atoms with van der Waals surface area (Å²) < 4.78 is 4.50. The van der Waals surface area contributed by atoms with Gasteiger partial charge in [-0.15, -0.1) is 0 Å². The maximum Gasteiger partial charge on any atom is 0.346 e. The lowest BCUT2D eigenvalue weighted by Crippen LogP contribution is -2.03. The van der Waals surface area contributed by atoms with Crippen molar-refractivity contribution in [3.8, 4) is 0 Å². The maximum atomic E-state index is 12.3. The summed E-state index contributed by atoms with van der Waals surface area (Å²) in [6.45, 7) is 1.94. The highest BCUT2D eigenvalue weighted by Crippen LogP contribution is 2.22. The minimum atomic E-state index is -0.705. The number of fused-ring (bicyclic) bond motifs is 1. The zero-order valence-electron chi connectivity index (χ0n) is 10.7. The molecule has 0 N–H and O–H groups in total. The Labute approximate surface area is 115 Å². The highest BCUT2D eigenvalue weighted by molar-refractivity contribution is 6.17. The van der Waals surface area contributed by atoms with E-state index in [1.165, 1.54) is 18.2 Å². The van der Waals surface area contributed by atoms with Gasteiger partial charge in [0, 0.05) is 11.1 Å². The quantitative estimate of drug-likeness (QED) is 0.476. The monoisotopic (exact) mass is 266 g/mol.